The van der Waals surface area contributed by atoms with Crippen LogP contribution < -0.4 is 25.5 Å². The number of fused-ring (bicyclic) bond motifs is 2. The summed E-state index contributed by atoms with van der Waals surface area (Å²) in [6.07, 6.45) is 6.34. The van der Waals surface area contributed by atoms with Gasteiger partial charge in [-0.1, -0.05) is 36.4 Å². The second-order valence-corrected chi connectivity index (χ2v) is 12.8. The van der Waals surface area contributed by atoms with Gasteiger partial charge in [-0.15, -0.1) is 0 Å². The third-order valence-corrected chi connectivity index (χ3v) is 9.15. The Morgan fingerprint density at radius 1 is 0.796 bits per heavy atom. The molecule has 0 saturated carbocycles. The van der Waals surface area contributed by atoms with Crippen LogP contribution in [0.25, 0.3) is 21.9 Å². The molecule has 0 radical (unpaired) electrons. The molecule has 0 bridgehead atoms. The average molecular weight is 723 g/mol. The molecule has 0 atom stereocenters. The number of pyridine rings is 1. The van der Waals surface area contributed by atoms with Gasteiger partial charge in [-0.25, -0.2) is 0 Å². The average Bonchev–Trinajstić information content (AvgIpc) is 3.56. The van der Waals surface area contributed by atoms with E-state index >= 15 is 0 Å². The van der Waals surface area contributed by atoms with Gasteiger partial charge in [0.15, 0.2) is 22.7 Å². The number of para-hydroxylation sites is 1. The van der Waals surface area contributed by atoms with Gasteiger partial charge < -0.3 is 24.5 Å². The number of aryl methyl sites for hydroxylation is 1. The van der Waals surface area contributed by atoms with Gasteiger partial charge in [0.05, 0.1) is 42.6 Å². The van der Waals surface area contributed by atoms with E-state index in [0.29, 0.717) is 22.6 Å². The lowest BCUT2D eigenvalue weighted by Gasteiger charge is -2.23. The Balaban J connectivity index is 1.06. The Kier molecular flexibility index (Phi) is 10.4. The van der Waals surface area contributed by atoms with Crippen LogP contribution in [0.1, 0.15) is 37.6 Å². The maximum Gasteiger partial charge on any atom is 0.291 e. The Morgan fingerprint density at radius 3 is 2.33 bits per heavy atom. The van der Waals surface area contributed by atoms with Gasteiger partial charge in [-0.3, -0.25) is 28.9 Å². The molecule has 0 saturated heterocycles. The van der Waals surface area contributed by atoms with Crippen molar-refractivity contribution in [1.82, 2.24) is 19.7 Å². The van der Waals surface area contributed by atoms with E-state index in [-0.39, 0.29) is 28.0 Å². The minimum atomic E-state index is -0.710. The van der Waals surface area contributed by atoms with E-state index in [9.17, 15) is 14.4 Å². The Bertz CT molecular complexity index is 2510. The molecule has 0 aliphatic heterocycles. The van der Waals surface area contributed by atoms with Crippen LogP contribution in [0.2, 0.25) is 0 Å². The summed E-state index contributed by atoms with van der Waals surface area (Å²) >= 11 is 0. The number of rotatable bonds is 13. The number of hydrogen-bond acceptors (Lipinski definition) is 9. The molecular weight excluding hydrogens is 684 g/mol. The summed E-state index contributed by atoms with van der Waals surface area (Å²) in [5.41, 5.74) is 5.24. The van der Waals surface area contributed by atoms with Gasteiger partial charge in [0, 0.05) is 62.3 Å². The second-order valence-electron chi connectivity index (χ2n) is 12.8. The fourth-order valence-electron chi connectivity index (χ4n) is 6.34. The van der Waals surface area contributed by atoms with Crippen molar-refractivity contribution < 1.29 is 23.5 Å². The Hall–Kier alpha value is -6.79. The summed E-state index contributed by atoms with van der Waals surface area (Å²) < 4.78 is 18.5. The predicted molar refractivity (Wildman–Crippen MR) is 207 cm³/mol. The molecule has 7 aromatic rings. The zero-order chi connectivity index (χ0) is 37.6. The van der Waals surface area contributed by atoms with Gasteiger partial charge in [0.2, 0.25) is 0 Å². The molecular formula is C42H38N6O6. The maximum atomic E-state index is 13.7. The lowest BCUT2D eigenvalue weighted by atomic mass is 10.1. The molecule has 4 aromatic carbocycles. The van der Waals surface area contributed by atoms with Crippen molar-refractivity contribution in [2.75, 3.05) is 31.4 Å². The molecule has 0 unspecified atom stereocenters. The summed E-state index contributed by atoms with van der Waals surface area (Å²) in [4.78, 5) is 46.4. The molecule has 2 N–H and O–H groups in total. The summed E-state index contributed by atoms with van der Waals surface area (Å²) in [6.45, 7) is 2.28. The highest BCUT2D eigenvalue weighted by atomic mass is 16.5. The second kappa shape index (κ2) is 15.8. The van der Waals surface area contributed by atoms with Gasteiger partial charge >= 0.3 is 0 Å². The molecule has 0 fully saturated rings. The number of nitrogens with one attached hydrogen (secondary N) is 2. The standard InChI is InChI=1S/C42H38N6O6/c1-47-35-15-12-28(19-30(35)24-44-47)25-48(26-29-7-6-17-43-23-29)18-16-27-10-13-31(14-11-27)45-41(50)33-20-38(52-2)39(53-3)21-34(33)46-42(51)40-22-36(49)32-8-4-5-9-37(32)54-40/h4-15,17,19-24H,16,18,25-26H2,1-3H3,(H,45,50)(H,46,51). The molecule has 2 amide bonds. The van der Waals surface area contributed by atoms with Crippen LogP contribution in [-0.2, 0) is 26.6 Å². The summed E-state index contributed by atoms with van der Waals surface area (Å²) in [5.74, 6) is -0.817. The fourth-order valence-corrected chi connectivity index (χ4v) is 6.34. The van der Waals surface area contributed by atoms with E-state index in [1.807, 2.05) is 54.5 Å². The first-order valence-corrected chi connectivity index (χ1v) is 17.3. The highest BCUT2D eigenvalue weighted by molar-refractivity contribution is 6.12. The smallest absolute Gasteiger partial charge is 0.291 e. The quantitative estimate of drug-likeness (QED) is 0.131. The van der Waals surface area contributed by atoms with Gasteiger partial charge in [-0.2, -0.15) is 5.10 Å². The summed E-state index contributed by atoms with van der Waals surface area (Å²) in [6, 6.07) is 28.9. The highest BCUT2D eigenvalue weighted by Gasteiger charge is 2.21. The highest BCUT2D eigenvalue weighted by Crippen LogP contribution is 2.34. The molecule has 3 heterocycles. The predicted octanol–water partition coefficient (Wildman–Crippen LogP) is 6.84. The lowest BCUT2D eigenvalue weighted by Crippen LogP contribution is -2.25. The van der Waals surface area contributed by atoms with Crippen LogP contribution in [-0.4, -0.2) is 52.2 Å². The van der Waals surface area contributed by atoms with Crippen LogP contribution in [0.4, 0.5) is 11.4 Å². The van der Waals surface area contributed by atoms with Crippen molar-refractivity contribution in [3.8, 4) is 11.5 Å². The first-order chi connectivity index (χ1) is 26.3. The molecule has 12 heteroatoms. The normalized spacial score (nSPS) is 11.2. The van der Waals surface area contributed by atoms with Crippen molar-refractivity contribution in [3.05, 3.63) is 154 Å². The Morgan fingerprint density at radius 2 is 1.56 bits per heavy atom. The van der Waals surface area contributed by atoms with Crippen molar-refractivity contribution in [3.63, 3.8) is 0 Å². The largest absolute Gasteiger partial charge is 0.493 e. The summed E-state index contributed by atoms with van der Waals surface area (Å²) in [7, 11) is 4.85. The first-order valence-electron chi connectivity index (χ1n) is 17.3. The van der Waals surface area contributed by atoms with Crippen LogP contribution in [0, 0.1) is 0 Å². The number of aromatic nitrogens is 3. The number of amides is 2. The SMILES string of the molecule is COc1cc(NC(=O)c2cc(=O)c3ccccc3o2)c(C(=O)Nc2ccc(CCN(Cc3cccnc3)Cc3ccc4c(cnn4C)c3)cc2)cc1OC. The minimum absolute atomic E-state index is 0.115. The van der Waals surface area contributed by atoms with Crippen LogP contribution in [0.3, 0.4) is 0 Å². The van der Waals surface area contributed by atoms with Crippen LogP contribution in [0.5, 0.6) is 11.5 Å². The van der Waals surface area contributed by atoms with Gasteiger partial charge in [0.25, 0.3) is 11.8 Å². The molecule has 0 spiro atoms. The molecule has 3 aromatic heterocycles. The number of benzene rings is 4. The van der Waals surface area contributed by atoms with E-state index < -0.39 is 11.8 Å². The number of carbonyl (C=O) groups is 2. The van der Waals surface area contributed by atoms with Crippen LogP contribution >= 0.6 is 0 Å². The molecule has 0 aliphatic carbocycles. The monoisotopic (exact) mass is 722 g/mol. The first kappa shape index (κ1) is 35.6. The topological polar surface area (TPSA) is 141 Å². The Labute approximate surface area is 311 Å². The number of anilines is 2. The molecule has 7 rings (SSSR count). The third-order valence-electron chi connectivity index (χ3n) is 9.15. The third kappa shape index (κ3) is 7.98. The molecule has 0 aliphatic rings. The number of methoxy groups -OCH3 is 2. The van der Waals surface area contributed by atoms with Crippen molar-refractivity contribution in [2.45, 2.75) is 19.5 Å². The summed E-state index contributed by atoms with van der Waals surface area (Å²) in [5, 5.41) is 11.5. The van der Waals surface area contributed by atoms with Crippen molar-refractivity contribution >= 4 is 45.1 Å². The zero-order valence-electron chi connectivity index (χ0n) is 30.0. The van der Waals surface area contributed by atoms with Gasteiger partial charge in [-0.05, 0) is 71.6 Å². The van der Waals surface area contributed by atoms with E-state index in [2.05, 4.69) is 49.9 Å². The fraction of sp³-hybridized carbons (Fsp3) is 0.167. The van der Waals surface area contributed by atoms with Crippen molar-refractivity contribution in [2.24, 2.45) is 7.05 Å². The molecule has 54 heavy (non-hydrogen) atoms. The minimum Gasteiger partial charge on any atom is -0.493 e. The molecule has 12 nitrogen and oxygen atoms in total. The number of nitrogens with zero attached hydrogens (tertiary/aromatic N) is 4. The maximum absolute atomic E-state index is 13.7. The molecule has 272 valence electrons. The number of carbonyl (C=O) groups excluding carboxylic acids is 2. The van der Waals surface area contributed by atoms with Gasteiger partial charge in [0.1, 0.15) is 5.58 Å². The van der Waals surface area contributed by atoms with Crippen molar-refractivity contribution in [1.29, 1.82) is 0 Å². The van der Waals surface area contributed by atoms with E-state index in [4.69, 9.17) is 13.9 Å². The lowest BCUT2D eigenvalue weighted by molar-refractivity contribution is 0.0997. The zero-order valence-corrected chi connectivity index (χ0v) is 30.0. The number of ether oxygens (including phenoxy) is 2. The van der Waals surface area contributed by atoms with Crippen LogP contribution in [0.15, 0.2) is 125 Å². The van der Waals surface area contributed by atoms with E-state index in [1.165, 1.54) is 31.9 Å². The van der Waals surface area contributed by atoms with E-state index in [1.54, 1.807) is 30.5 Å². The number of hydrogen-bond donors (Lipinski definition) is 2. The van der Waals surface area contributed by atoms with E-state index in [0.717, 1.165) is 54.2 Å².